The molecule has 0 aliphatic rings. The number of carboxylic acids is 1. The van der Waals surface area contributed by atoms with E-state index in [1.165, 1.54) is 6.07 Å². The van der Waals surface area contributed by atoms with Crippen LogP contribution >= 0.6 is 39.1 Å². The van der Waals surface area contributed by atoms with E-state index in [0.29, 0.717) is 35.4 Å². The van der Waals surface area contributed by atoms with Crippen LogP contribution in [0.25, 0.3) is 0 Å². The normalized spacial score (nSPS) is 10.5. The summed E-state index contributed by atoms with van der Waals surface area (Å²) < 4.78 is 12.2. The second-order valence-electron chi connectivity index (χ2n) is 6.38. The quantitative estimate of drug-likeness (QED) is 0.355. The highest BCUT2D eigenvalue weighted by Crippen LogP contribution is 2.37. The number of carbonyl (C=O) groups is 1. The molecule has 0 saturated heterocycles. The molecule has 8 heteroatoms. The molecule has 0 saturated carbocycles. The predicted molar refractivity (Wildman–Crippen MR) is 122 cm³/mol. The van der Waals surface area contributed by atoms with E-state index in [1.807, 2.05) is 36.4 Å². The highest BCUT2D eigenvalue weighted by Gasteiger charge is 2.13. The Labute approximate surface area is 192 Å². The van der Waals surface area contributed by atoms with Gasteiger partial charge in [-0.15, -0.1) is 0 Å². The predicted octanol–water partition coefficient (Wildman–Crippen LogP) is 6.65. The topological polar surface area (TPSA) is 67.8 Å². The van der Waals surface area contributed by atoms with Gasteiger partial charge in [0.05, 0.1) is 22.2 Å². The number of carboxylic acid groups (broad SMARTS) is 1. The van der Waals surface area contributed by atoms with Crippen molar-refractivity contribution in [2.45, 2.75) is 13.2 Å². The molecule has 30 heavy (non-hydrogen) atoms. The van der Waals surface area contributed by atoms with Gasteiger partial charge in [-0.05, 0) is 69.5 Å². The van der Waals surface area contributed by atoms with Gasteiger partial charge in [0.25, 0.3) is 0 Å². The SMILES string of the molecule is COc1cc(CNc2ccc(Cl)c(C(=O)O)c2)cc(Br)c1OCc1ccc(Cl)cc1. The van der Waals surface area contributed by atoms with Crippen LogP contribution in [-0.4, -0.2) is 18.2 Å². The molecule has 0 aliphatic carbocycles. The van der Waals surface area contributed by atoms with Crippen LogP contribution in [0.2, 0.25) is 10.0 Å². The first-order valence-corrected chi connectivity index (χ1v) is 10.4. The lowest BCUT2D eigenvalue weighted by molar-refractivity contribution is 0.0697. The molecule has 3 aromatic rings. The highest BCUT2D eigenvalue weighted by atomic mass is 79.9. The summed E-state index contributed by atoms with van der Waals surface area (Å²) >= 11 is 15.4. The first-order chi connectivity index (χ1) is 14.4. The molecule has 0 aliphatic heterocycles. The van der Waals surface area contributed by atoms with Crippen molar-refractivity contribution in [1.29, 1.82) is 0 Å². The van der Waals surface area contributed by atoms with Crippen molar-refractivity contribution < 1.29 is 19.4 Å². The van der Waals surface area contributed by atoms with E-state index in [-0.39, 0.29) is 10.6 Å². The molecule has 0 heterocycles. The molecule has 0 spiro atoms. The van der Waals surface area contributed by atoms with Crippen LogP contribution in [0.15, 0.2) is 59.1 Å². The number of halogens is 3. The molecule has 0 bridgehead atoms. The van der Waals surface area contributed by atoms with Gasteiger partial charge < -0.3 is 19.9 Å². The number of hydrogen-bond acceptors (Lipinski definition) is 4. The van der Waals surface area contributed by atoms with Crippen molar-refractivity contribution in [3.05, 3.63) is 85.8 Å². The number of methoxy groups -OCH3 is 1. The number of benzene rings is 3. The van der Waals surface area contributed by atoms with Crippen molar-refractivity contribution in [1.82, 2.24) is 0 Å². The molecule has 0 aromatic heterocycles. The Morgan fingerprint density at radius 1 is 1.07 bits per heavy atom. The number of ether oxygens (including phenoxy) is 2. The van der Waals surface area contributed by atoms with E-state index in [2.05, 4.69) is 21.2 Å². The molecule has 2 N–H and O–H groups in total. The Morgan fingerprint density at radius 2 is 1.80 bits per heavy atom. The molecule has 3 aromatic carbocycles. The molecular formula is C22H18BrCl2NO4. The minimum Gasteiger partial charge on any atom is -0.493 e. The summed E-state index contributed by atoms with van der Waals surface area (Å²) in [6, 6.07) is 16.0. The zero-order valence-electron chi connectivity index (χ0n) is 15.9. The summed E-state index contributed by atoms with van der Waals surface area (Å²) in [5.74, 6) is 0.101. The van der Waals surface area contributed by atoms with Crippen molar-refractivity contribution in [3.8, 4) is 11.5 Å². The molecule has 0 amide bonds. The first-order valence-electron chi connectivity index (χ1n) is 8.87. The summed E-state index contributed by atoms with van der Waals surface area (Å²) in [7, 11) is 1.58. The minimum atomic E-state index is -1.07. The van der Waals surface area contributed by atoms with E-state index in [9.17, 15) is 9.90 Å². The molecule has 156 valence electrons. The Kier molecular flexibility index (Phi) is 7.48. The minimum absolute atomic E-state index is 0.0476. The van der Waals surface area contributed by atoms with Crippen molar-refractivity contribution >= 4 is 50.8 Å². The van der Waals surface area contributed by atoms with Gasteiger partial charge in [0, 0.05) is 17.3 Å². The van der Waals surface area contributed by atoms with Crippen molar-refractivity contribution in [3.63, 3.8) is 0 Å². The average Bonchev–Trinajstić information content (AvgIpc) is 2.73. The van der Waals surface area contributed by atoms with Gasteiger partial charge in [0.2, 0.25) is 0 Å². The Morgan fingerprint density at radius 3 is 2.47 bits per heavy atom. The second kappa shape index (κ2) is 10.1. The van der Waals surface area contributed by atoms with E-state index in [4.69, 9.17) is 32.7 Å². The number of anilines is 1. The molecule has 5 nitrogen and oxygen atoms in total. The lowest BCUT2D eigenvalue weighted by atomic mass is 10.1. The summed E-state index contributed by atoms with van der Waals surface area (Å²) in [5, 5.41) is 13.3. The summed E-state index contributed by atoms with van der Waals surface area (Å²) in [6.07, 6.45) is 0. The maximum absolute atomic E-state index is 11.2. The van der Waals surface area contributed by atoms with Gasteiger partial charge in [-0.1, -0.05) is 35.3 Å². The Balaban J connectivity index is 1.72. The first kappa shape index (κ1) is 22.3. The van der Waals surface area contributed by atoms with Crippen LogP contribution < -0.4 is 14.8 Å². The average molecular weight is 511 g/mol. The Bertz CT molecular complexity index is 1060. The maximum Gasteiger partial charge on any atom is 0.337 e. The van der Waals surface area contributed by atoms with Crippen LogP contribution in [0.4, 0.5) is 5.69 Å². The van der Waals surface area contributed by atoms with Gasteiger partial charge in [-0.2, -0.15) is 0 Å². The van der Waals surface area contributed by atoms with Crippen molar-refractivity contribution in [2.75, 3.05) is 12.4 Å². The Hall–Kier alpha value is -2.41. The van der Waals surface area contributed by atoms with E-state index in [1.54, 1.807) is 19.2 Å². The number of hydrogen-bond donors (Lipinski definition) is 2. The lowest BCUT2D eigenvalue weighted by Gasteiger charge is -2.15. The molecule has 0 fully saturated rings. The van der Waals surface area contributed by atoms with E-state index < -0.39 is 5.97 Å². The second-order valence-corrected chi connectivity index (χ2v) is 8.08. The summed E-state index contributed by atoms with van der Waals surface area (Å²) in [6.45, 7) is 0.819. The van der Waals surface area contributed by atoms with Crippen LogP contribution in [0.5, 0.6) is 11.5 Å². The third-order valence-corrected chi connectivity index (χ3v) is 5.45. The number of aromatic carboxylic acids is 1. The zero-order chi connectivity index (χ0) is 21.7. The van der Waals surface area contributed by atoms with E-state index in [0.717, 1.165) is 15.6 Å². The van der Waals surface area contributed by atoms with Crippen LogP contribution in [0.3, 0.4) is 0 Å². The maximum atomic E-state index is 11.2. The smallest absolute Gasteiger partial charge is 0.337 e. The van der Waals surface area contributed by atoms with Gasteiger partial charge in [0.15, 0.2) is 11.5 Å². The third kappa shape index (κ3) is 5.59. The molecule has 3 rings (SSSR count). The largest absolute Gasteiger partial charge is 0.493 e. The van der Waals surface area contributed by atoms with Gasteiger partial charge >= 0.3 is 5.97 Å². The summed E-state index contributed by atoms with van der Waals surface area (Å²) in [4.78, 5) is 11.2. The van der Waals surface area contributed by atoms with Crippen LogP contribution in [0.1, 0.15) is 21.5 Å². The van der Waals surface area contributed by atoms with E-state index >= 15 is 0 Å². The third-order valence-electron chi connectivity index (χ3n) is 4.28. The summed E-state index contributed by atoms with van der Waals surface area (Å²) in [5.41, 5.74) is 2.60. The lowest BCUT2D eigenvalue weighted by Crippen LogP contribution is -2.04. The fraction of sp³-hybridized carbons (Fsp3) is 0.136. The zero-order valence-corrected chi connectivity index (χ0v) is 19.0. The van der Waals surface area contributed by atoms with Gasteiger partial charge in [-0.25, -0.2) is 4.79 Å². The fourth-order valence-corrected chi connectivity index (χ4v) is 3.68. The van der Waals surface area contributed by atoms with Crippen LogP contribution in [-0.2, 0) is 13.2 Å². The molecule has 0 radical (unpaired) electrons. The molecule has 0 atom stereocenters. The standard InChI is InChI=1S/C22H18BrCl2NO4/c1-29-20-9-14(11-26-16-6-7-19(25)17(10-16)22(27)28)8-18(23)21(20)30-12-13-2-4-15(24)5-3-13/h2-10,26H,11-12H2,1H3,(H,27,28). The molecule has 0 unspecified atom stereocenters. The van der Waals surface area contributed by atoms with Crippen LogP contribution in [0, 0.1) is 0 Å². The number of rotatable bonds is 8. The highest BCUT2D eigenvalue weighted by molar-refractivity contribution is 9.10. The monoisotopic (exact) mass is 509 g/mol. The van der Waals surface area contributed by atoms with Gasteiger partial charge in [0.1, 0.15) is 6.61 Å². The van der Waals surface area contributed by atoms with Gasteiger partial charge in [-0.3, -0.25) is 0 Å². The van der Waals surface area contributed by atoms with Crippen molar-refractivity contribution in [2.24, 2.45) is 0 Å². The molecular weight excluding hydrogens is 493 g/mol. The fourth-order valence-electron chi connectivity index (χ4n) is 2.75. The number of nitrogens with one attached hydrogen (secondary N) is 1.